The zero-order chi connectivity index (χ0) is 24.8. The Morgan fingerprint density at radius 2 is 1.79 bits per heavy atom. The van der Waals surface area contributed by atoms with Crippen molar-refractivity contribution in [3.63, 3.8) is 0 Å². The van der Waals surface area contributed by atoms with E-state index in [-0.39, 0.29) is 35.8 Å². The van der Waals surface area contributed by atoms with Gasteiger partial charge in [-0.15, -0.1) is 0 Å². The number of aliphatic hydroxyl groups is 1. The molecule has 2 atom stereocenters. The van der Waals surface area contributed by atoms with Crippen LogP contribution in [0.4, 0.5) is 0 Å². The average molecular weight is 474 g/mol. The summed E-state index contributed by atoms with van der Waals surface area (Å²) >= 11 is 0. The molecule has 33 heavy (non-hydrogen) atoms. The molecule has 0 amide bonds. The molecule has 182 valence electrons. The summed E-state index contributed by atoms with van der Waals surface area (Å²) in [4.78, 5) is 21.9. The van der Waals surface area contributed by atoms with E-state index in [4.69, 9.17) is 5.11 Å². The number of rotatable bonds is 12. The summed E-state index contributed by atoms with van der Waals surface area (Å²) in [5, 5.41) is 32.0. The lowest BCUT2D eigenvalue weighted by molar-refractivity contribution is -0.136. The molecule has 0 aromatic heterocycles. The molecular formula is C26H39NO5Si. The van der Waals surface area contributed by atoms with E-state index in [0.717, 1.165) is 29.5 Å². The van der Waals surface area contributed by atoms with Gasteiger partial charge in [0.2, 0.25) is 0 Å². The fourth-order valence-corrected chi connectivity index (χ4v) is 4.72. The highest BCUT2D eigenvalue weighted by Crippen LogP contribution is 2.44. The van der Waals surface area contributed by atoms with E-state index in [2.05, 4.69) is 26.1 Å². The molecule has 0 saturated carbocycles. The van der Waals surface area contributed by atoms with E-state index >= 15 is 0 Å². The van der Waals surface area contributed by atoms with Crippen LogP contribution in [0.1, 0.15) is 55.4 Å². The molecule has 0 aliphatic carbocycles. The van der Waals surface area contributed by atoms with Crippen molar-refractivity contribution in [3.8, 4) is 5.75 Å². The molecule has 0 radical (unpaired) electrons. The molecule has 5 N–H and O–H groups in total. The monoisotopic (exact) mass is 473 g/mol. The minimum Gasteiger partial charge on any atom is -0.508 e. The van der Waals surface area contributed by atoms with Gasteiger partial charge in [-0.3, -0.25) is 4.79 Å². The van der Waals surface area contributed by atoms with Crippen molar-refractivity contribution < 1.29 is 24.9 Å². The Morgan fingerprint density at radius 1 is 1.12 bits per heavy atom. The molecule has 0 spiro atoms. The van der Waals surface area contributed by atoms with E-state index in [1.54, 1.807) is 6.07 Å². The number of phenols is 1. The zero-order valence-electron chi connectivity index (χ0n) is 20.4. The molecule has 2 aromatic carbocycles. The number of benzene rings is 2. The van der Waals surface area contributed by atoms with Crippen LogP contribution in [0.15, 0.2) is 42.5 Å². The Bertz CT molecular complexity index is 939. The van der Waals surface area contributed by atoms with Crippen LogP contribution in [0.25, 0.3) is 0 Å². The van der Waals surface area contributed by atoms with Gasteiger partial charge in [0, 0.05) is 18.2 Å². The van der Waals surface area contributed by atoms with Crippen LogP contribution in [0.3, 0.4) is 0 Å². The second-order valence-electron chi connectivity index (χ2n) is 10.3. The lowest BCUT2D eigenvalue weighted by Gasteiger charge is -2.38. The number of hydrogen-bond donors (Lipinski definition) is 5. The van der Waals surface area contributed by atoms with Crippen LogP contribution >= 0.6 is 0 Å². The SMILES string of the molecule is C[C@H](Cc1cccc(CC(=O)O)c1)NC[C@H](CC(C)(C)[Si](C)(C)O)c1ccc(O)c(CO)c1. The Balaban J connectivity index is 2.17. The van der Waals surface area contributed by atoms with E-state index in [9.17, 15) is 19.8 Å². The predicted octanol–water partition coefficient (Wildman–Crippen LogP) is 4.18. The Kier molecular flexibility index (Phi) is 9.26. The molecule has 0 unspecified atom stereocenters. The van der Waals surface area contributed by atoms with Crippen molar-refractivity contribution in [3.05, 3.63) is 64.7 Å². The van der Waals surface area contributed by atoms with Crippen molar-refractivity contribution in [1.82, 2.24) is 5.32 Å². The van der Waals surface area contributed by atoms with Gasteiger partial charge >= 0.3 is 5.97 Å². The second-order valence-corrected chi connectivity index (χ2v) is 14.8. The van der Waals surface area contributed by atoms with Crippen molar-refractivity contribution in [1.29, 1.82) is 0 Å². The van der Waals surface area contributed by atoms with Crippen molar-refractivity contribution in [2.75, 3.05) is 6.54 Å². The van der Waals surface area contributed by atoms with Gasteiger partial charge in [0.05, 0.1) is 13.0 Å². The molecule has 0 heterocycles. The lowest BCUT2D eigenvalue weighted by Crippen LogP contribution is -2.41. The highest BCUT2D eigenvalue weighted by molar-refractivity contribution is 6.72. The van der Waals surface area contributed by atoms with Crippen molar-refractivity contribution in [2.45, 2.75) is 76.7 Å². The van der Waals surface area contributed by atoms with Crippen molar-refractivity contribution in [2.24, 2.45) is 0 Å². The Hall–Kier alpha value is -2.19. The molecule has 0 aliphatic rings. The van der Waals surface area contributed by atoms with E-state index in [1.165, 1.54) is 0 Å². The molecule has 0 bridgehead atoms. The first-order chi connectivity index (χ1) is 15.3. The number of carbonyl (C=O) groups is 1. The van der Waals surface area contributed by atoms with Crippen LogP contribution < -0.4 is 5.32 Å². The van der Waals surface area contributed by atoms with Gasteiger partial charge < -0.3 is 25.4 Å². The van der Waals surface area contributed by atoms with Gasteiger partial charge in [-0.25, -0.2) is 0 Å². The molecule has 2 rings (SSSR count). The molecule has 0 fully saturated rings. The maximum Gasteiger partial charge on any atom is 0.307 e. The summed E-state index contributed by atoms with van der Waals surface area (Å²) in [6.07, 6.45) is 1.55. The number of nitrogens with one attached hydrogen (secondary N) is 1. The molecule has 6 nitrogen and oxygen atoms in total. The minimum atomic E-state index is -2.42. The highest BCUT2D eigenvalue weighted by atomic mass is 28.4. The average Bonchev–Trinajstić information content (AvgIpc) is 2.70. The van der Waals surface area contributed by atoms with Gasteiger partial charge in [0.1, 0.15) is 5.75 Å². The standard InChI is InChI=1S/C26H39NO5Si/c1-18(11-19-7-6-8-20(12-19)13-25(30)31)27-16-23(15-26(2,3)33(4,5)32)21-9-10-24(29)22(14-21)17-28/h6-10,12,14,18,23,27-29,32H,11,13,15-17H2,1-5H3,(H,30,31)/t18-,23+/m1/s1. The summed E-state index contributed by atoms with van der Waals surface area (Å²) in [6, 6.07) is 13.2. The normalized spacial score (nSPS) is 14.2. The van der Waals surface area contributed by atoms with Gasteiger partial charge in [-0.2, -0.15) is 0 Å². The number of aliphatic carboxylic acids is 1. The molecule has 0 saturated heterocycles. The lowest BCUT2D eigenvalue weighted by atomic mass is 9.88. The van der Waals surface area contributed by atoms with Crippen LogP contribution in [-0.4, -0.2) is 47.0 Å². The fourth-order valence-electron chi connectivity index (χ4n) is 3.97. The smallest absolute Gasteiger partial charge is 0.307 e. The van der Waals surface area contributed by atoms with Crippen LogP contribution in [-0.2, 0) is 24.2 Å². The quantitative estimate of drug-likeness (QED) is 0.296. The second kappa shape index (κ2) is 11.3. The summed E-state index contributed by atoms with van der Waals surface area (Å²) in [7, 11) is -2.42. The van der Waals surface area contributed by atoms with E-state index in [0.29, 0.717) is 12.1 Å². The predicted molar refractivity (Wildman–Crippen MR) is 134 cm³/mol. The summed E-state index contributed by atoms with van der Waals surface area (Å²) in [5.74, 6) is -0.667. The first-order valence-corrected chi connectivity index (χ1v) is 14.4. The van der Waals surface area contributed by atoms with Crippen LogP contribution in [0, 0.1) is 0 Å². The molecule has 7 heteroatoms. The fraction of sp³-hybridized carbons (Fsp3) is 0.500. The first kappa shape index (κ1) is 27.1. The summed E-state index contributed by atoms with van der Waals surface area (Å²) in [5.41, 5.74) is 3.40. The number of aliphatic hydroxyl groups excluding tert-OH is 1. The van der Waals surface area contributed by atoms with Gasteiger partial charge in [-0.1, -0.05) is 44.2 Å². The number of carboxylic acids is 1. The van der Waals surface area contributed by atoms with Gasteiger partial charge in [0.25, 0.3) is 0 Å². The van der Waals surface area contributed by atoms with Gasteiger partial charge in [0.15, 0.2) is 8.32 Å². The molecule has 2 aromatic rings. The number of hydrogen-bond acceptors (Lipinski definition) is 5. The van der Waals surface area contributed by atoms with E-state index in [1.807, 2.05) is 49.5 Å². The third kappa shape index (κ3) is 7.96. The van der Waals surface area contributed by atoms with Crippen LogP contribution in [0.2, 0.25) is 18.1 Å². The van der Waals surface area contributed by atoms with E-state index < -0.39 is 14.3 Å². The Labute approximate surface area is 198 Å². The summed E-state index contributed by atoms with van der Waals surface area (Å²) < 4.78 is 0. The van der Waals surface area contributed by atoms with Crippen LogP contribution in [0.5, 0.6) is 5.75 Å². The Morgan fingerprint density at radius 3 is 2.39 bits per heavy atom. The number of aromatic hydroxyl groups is 1. The van der Waals surface area contributed by atoms with Gasteiger partial charge in [-0.05, 0) is 72.6 Å². The number of carboxylic acid groups (broad SMARTS) is 1. The van der Waals surface area contributed by atoms with Crippen molar-refractivity contribution >= 4 is 14.3 Å². The maximum atomic E-state index is 11.0. The third-order valence-electron chi connectivity index (χ3n) is 6.76. The largest absolute Gasteiger partial charge is 0.508 e. The third-order valence-corrected chi connectivity index (χ3v) is 10.3. The highest BCUT2D eigenvalue weighted by Gasteiger charge is 2.40. The zero-order valence-corrected chi connectivity index (χ0v) is 21.4. The minimum absolute atomic E-state index is 0.0156. The topological polar surface area (TPSA) is 110 Å². The maximum absolute atomic E-state index is 11.0. The summed E-state index contributed by atoms with van der Waals surface area (Å²) in [6.45, 7) is 10.7. The first-order valence-electron chi connectivity index (χ1n) is 11.5. The molecule has 0 aliphatic heterocycles. The molecular weight excluding hydrogens is 434 g/mol.